The Kier molecular flexibility index (Phi) is 2.42. The summed E-state index contributed by atoms with van der Waals surface area (Å²) in [5.74, 6) is -0.870. The number of carbonyl (C=O) groups is 2. The van der Waals surface area contributed by atoms with E-state index in [9.17, 15) is 14.7 Å². The van der Waals surface area contributed by atoms with Crippen LogP contribution in [-0.2, 0) is 9.59 Å². The van der Waals surface area contributed by atoms with Crippen molar-refractivity contribution < 1.29 is 14.7 Å². The third-order valence-electron chi connectivity index (χ3n) is 3.38. The number of hydrogen-bond acceptors (Lipinski definition) is 3. The van der Waals surface area contributed by atoms with Gasteiger partial charge in [0, 0.05) is 19.1 Å². The first-order valence-corrected chi connectivity index (χ1v) is 5.26. The highest BCUT2D eigenvalue weighted by molar-refractivity contribution is 5.82. The molecule has 1 unspecified atom stereocenters. The number of nitrogens with zero attached hydrogens (tertiary/aromatic N) is 2. The van der Waals surface area contributed by atoms with Crippen LogP contribution in [0.4, 0.5) is 0 Å². The fraction of sp³-hybridized carbons (Fsp3) is 0.800. The Morgan fingerprint density at radius 2 is 2.27 bits per heavy atom. The molecule has 1 atom stereocenters. The molecule has 1 heterocycles. The van der Waals surface area contributed by atoms with Crippen LogP contribution in [0.2, 0.25) is 0 Å². The summed E-state index contributed by atoms with van der Waals surface area (Å²) in [4.78, 5) is 25.9. The minimum Gasteiger partial charge on any atom is -0.479 e. The van der Waals surface area contributed by atoms with E-state index in [1.165, 1.54) is 4.90 Å². The topological polar surface area (TPSA) is 60.9 Å². The van der Waals surface area contributed by atoms with Crippen molar-refractivity contribution in [2.45, 2.75) is 30.8 Å². The molecule has 5 nitrogen and oxygen atoms in total. The Morgan fingerprint density at radius 3 is 2.60 bits per heavy atom. The summed E-state index contributed by atoms with van der Waals surface area (Å²) in [5.41, 5.74) is -0.975. The van der Waals surface area contributed by atoms with Gasteiger partial charge in [-0.1, -0.05) is 0 Å². The summed E-state index contributed by atoms with van der Waals surface area (Å²) in [6.45, 7) is 1.18. The molecule has 1 saturated carbocycles. The zero-order valence-corrected chi connectivity index (χ0v) is 8.85. The Bertz CT molecular complexity index is 290. The van der Waals surface area contributed by atoms with Crippen LogP contribution in [0.1, 0.15) is 19.3 Å². The predicted molar refractivity (Wildman–Crippen MR) is 53.4 cm³/mol. The minimum atomic E-state index is -0.975. The van der Waals surface area contributed by atoms with E-state index in [1.807, 2.05) is 11.9 Å². The quantitative estimate of drug-likeness (QED) is 0.654. The molecule has 0 bridgehead atoms. The second-order valence-corrected chi connectivity index (χ2v) is 4.57. The van der Waals surface area contributed by atoms with Crippen molar-refractivity contribution in [1.29, 1.82) is 0 Å². The van der Waals surface area contributed by atoms with Gasteiger partial charge in [0.25, 0.3) is 0 Å². The summed E-state index contributed by atoms with van der Waals surface area (Å²) in [6.07, 6.45) is 3.13. The van der Waals surface area contributed by atoms with Gasteiger partial charge >= 0.3 is 5.97 Å². The maximum absolute atomic E-state index is 11.4. The normalized spacial score (nSPS) is 31.5. The van der Waals surface area contributed by atoms with Crippen LogP contribution >= 0.6 is 0 Å². The molecule has 15 heavy (non-hydrogen) atoms. The molecule has 0 aromatic carbocycles. The van der Waals surface area contributed by atoms with Gasteiger partial charge in [-0.05, 0) is 26.3 Å². The highest BCUT2D eigenvalue weighted by Gasteiger charge is 2.52. The molecule has 0 spiro atoms. The lowest BCUT2D eigenvalue weighted by Crippen LogP contribution is -2.56. The summed E-state index contributed by atoms with van der Waals surface area (Å²) in [7, 11) is 1.89. The van der Waals surface area contributed by atoms with Crippen molar-refractivity contribution in [2.24, 2.45) is 0 Å². The summed E-state index contributed by atoms with van der Waals surface area (Å²) in [6, 6.07) is 0.157. The molecule has 2 rings (SSSR count). The highest BCUT2D eigenvalue weighted by atomic mass is 16.4. The molecule has 84 valence electrons. The van der Waals surface area contributed by atoms with E-state index in [0.717, 1.165) is 19.4 Å². The molecule has 0 radical (unpaired) electrons. The van der Waals surface area contributed by atoms with Gasteiger partial charge in [0.2, 0.25) is 6.41 Å². The van der Waals surface area contributed by atoms with Crippen LogP contribution in [0, 0.1) is 0 Å². The van der Waals surface area contributed by atoms with E-state index in [0.29, 0.717) is 19.4 Å². The van der Waals surface area contributed by atoms with Crippen LogP contribution in [0.25, 0.3) is 0 Å². The molecular formula is C10H16N2O3. The zero-order valence-electron chi connectivity index (χ0n) is 8.85. The van der Waals surface area contributed by atoms with Crippen molar-refractivity contribution in [3.8, 4) is 0 Å². The predicted octanol–water partition coefficient (Wildman–Crippen LogP) is -0.234. The average molecular weight is 212 g/mol. The first-order valence-electron chi connectivity index (χ1n) is 5.26. The molecule has 1 saturated heterocycles. The summed E-state index contributed by atoms with van der Waals surface area (Å²) in [5, 5.41) is 9.33. The molecule has 1 aliphatic carbocycles. The molecule has 0 aromatic heterocycles. The van der Waals surface area contributed by atoms with Gasteiger partial charge in [-0.2, -0.15) is 0 Å². The second-order valence-electron chi connectivity index (χ2n) is 4.57. The lowest BCUT2D eigenvalue weighted by Gasteiger charge is -2.34. The first kappa shape index (κ1) is 10.4. The highest BCUT2D eigenvalue weighted by Crippen LogP contribution is 2.36. The van der Waals surface area contributed by atoms with Gasteiger partial charge in [-0.15, -0.1) is 0 Å². The van der Waals surface area contributed by atoms with Gasteiger partial charge in [-0.3, -0.25) is 4.79 Å². The first-order chi connectivity index (χ1) is 7.10. The average Bonchev–Trinajstić information content (AvgIpc) is 2.92. The number of carboxylic acids is 1. The summed E-state index contributed by atoms with van der Waals surface area (Å²) >= 11 is 0. The fourth-order valence-electron chi connectivity index (χ4n) is 2.37. The number of rotatable bonds is 4. The Morgan fingerprint density at radius 1 is 1.60 bits per heavy atom. The van der Waals surface area contributed by atoms with Gasteiger partial charge < -0.3 is 14.9 Å². The Balaban J connectivity index is 2.24. The lowest BCUT2D eigenvalue weighted by atomic mass is 9.96. The smallest absolute Gasteiger partial charge is 0.331 e. The maximum atomic E-state index is 11.4. The monoisotopic (exact) mass is 212 g/mol. The van der Waals surface area contributed by atoms with E-state index < -0.39 is 11.5 Å². The maximum Gasteiger partial charge on any atom is 0.331 e. The number of carboxylic acid groups (broad SMARTS) is 1. The largest absolute Gasteiger partial charge is 0.479 e. The van der Waals surface area contributed by atoms with E-state index in [2.05, 4.69) is 0 Å². The van der Waals surface area contributed by atoms with Gasteiger partial charge in [0.1, 0.15) is 0 Å². The van der Waals surface area contributed by atoms with Crippen LogP contribution in [-0.4, -0.2) is 59.0 Å². The Labute approximate surface area is 88.6 Å². The van der Waals surface area contributed by atoms with Crippen LogP contribution < -0.4 is 0 Å². The number of likely N-dealkylation sites (tertiary alicyclic amines) is 1. The molecule has 1 amide bonds. The van der Waals surface area contributed by atoms with Crippen molar-refractivity contribution in [3.05, 3.63) is 0 Å². The number of carbonyl (C=O) groups excluding carboxylic acids is 1. The number of amides is 1. The van der Waals surface area contributed by atoms with Crippen molar-refractivity contribution >= 4 is 12.4 Å². The van der Waals surface area contributed by atoms with Crippen LogP contribution in [0.15, 0.2) is 0 Å². The standard InChI is InChI=1S/C10H16N2O3/c1-11-5-4-10(6-11,9(14)15)12(7-13)8-2-3-8/h7-8H,2-6H2,1H3,(H,14,15). The van der Waals surface area contributed by atoms with Crippen molar-refractivity contribution in [1.82, 2.24) is 9.80 Å². The molecular weight excluding hydrogens is 196 g/mol. The van der Waals surface area contributed by atoms with E-state index in [4.69, 9.17) is 0 Å². The molecule has 5 heteroatoms. The van der Waals surface area contributed by atoms with Gasteiger partial charge in [0.15, 0.2) is 5.54 Å². The SMILES string of the molecule is CN1CCC(C(=O)O)(N(C=O)C2CC2)C1. The molecule has 2 fully saturated rings. The Hall–Kier alpha value is -1.10. The van der Waals surface area contributed by atoms with Crippen molar-refractivity contribution in [3.63, 3.8) is 0 Å². The van der Waals surface area contributed by atoms with Crippen LogP contribution in [0.3, 0.4) is 0 Å². The lowest BCUT2D eigenvalue weighted by molar-refractivity contribution is -0.154. The number of hydrogen-bond donors (Lipinski definition) is 1. The number of aliphatic carboxylic acids is 1. The zero-order chi connectivity index (χ0) is 11.1. The minimum absolute atomic E-state index is 0.157. The molecule has 2 aliphatic rings. The molecule has 1 N–H and O–H groups in total. The van der Waals surface area contributed by atoms with E-state index in [1.54, 1.807) is 0 Å². The molecule has 0 aromatic rings. The summed E-state index contributed by atoms with van der Waals surface area (Å²) < 4.78 is 0. The third-order valence-corrected chi connectivity index (χ3v) is 3.38. The molecule has 1 aliphatic heterocycles. The van der Waals surface area contributed by atoms with E-state index >= 15 is 0 Å². The number of likely N-dealkylation sites (N-methyl/N-ethyl adjacent to an activating group) is 1. The van der Waals surface area contributed by atoms with E-state index in [-0.39, 0.29) is 6.04 Å². The van der Waals surface area contributed by atoms with Crippen LogP contribution in [0.5, 0.6) is 0 Å². The van der Waals surface area contributed by atoms with Gasteiger partial charge in [-0.25, -0.2) is 4.79 Å². The second kappa shape index (κ2) is 3.48. The fourth-order valence-corrected chi connectivity index (χ4v) is 2.37. The van der Waals surface area contributed by atoms with Gasteiger partial charge in [0.05, 0.1) is 0 Å². The van der Waals surface area contributed by atoms with Crippen molar-refractivity contribution in [2.75, 3.05) is 20.1 Å². The third kappa shape index (κ3) is 1.61.